The number of carbonyl (C=O) groups is 3. The molecule has 3 aromatic rings. The van der Waals surface area contributed by atoms with Gasteiger partial charge in [0, 0.05) is 48.1 Å². The first-order valence-electron chi connectivity index (χ1n) is 11.8. The Kier molecular flexibility index (Phi) is 9.48. The summed E-state index contributed by atoms with van der Waals surface area (Å²) in [5.74, 6) is -4.03. The second-order valence-corrected chi connectivity index (χ2v) is 10.7. The van der Waals surface area contributed by atoms with Crippen LogP contribution in [0, 0.1) is 11.6 Å². The lowest BCUT2D eigenvalue weighted by molar-refractivity contribution is -0.212. The fourth-order valence-corrected chi connectivity index (χ4v) is 5.73. The maximum Gasteiger partial charge on any atom is 0.303 e. The van der Waals surface area contributed by atoms with E-state index in [9.17, 15) is 23.2 Å². The van der Waals surface area contributed by atoms with Crippen LogP contribution in [-0.4, -0.2) is 68.2 Å². The van der Waals surface area contributed by atoms with Crippen molar-refractivity contribution in [3.63, 3.8) is 0 Å². The Morgan fingerprint density at radius 2 is 1.75 bits per heavy atom. The van der Waals surface area contributed by atoms with Gasteiger partial charge in [0.25, 0.3) is 0 Å². The number of esters is 3. The fraction of sp³-hybridized carbons (Fsp3) is 0.360. The molecule has 1 fully saturated rings. The van der Waals surface area contributed by atoms with Gasteiger partial charge in [-0.2, -0.15) is 0 Å². The third-order valence-corrected chi connectivity index (χ3v) is 7.18. The highest BCUT2D eigenvalue weighted by Crippen LogP contribution is 2.41. The molecular weight excluding hydrogens is 618 g/mol. The van der Waals surface area contributed by atoms with E-state index in [1.807, 2.05) is 0 Å². The van der Waals surface area contributed by atoms with Gasteiger partial charge in [0.2, 0.25) is 0 Å². The molecule has 212 valence electrons. The molecule has 15 heteroatoms. The van der Waals surface area contributed by atoms with E-state index in [4.69, 9.17) is 18.9 Å². The van der Waals surface area contributed by atoms with Crippen molar-refractivity contribution in [3.05, 3.63) is 59.0 Å². The van der Waals surface area contributed by atoms with Gasteiger partial charge in [0.15, 0.2) is 23.8 Å². The second kappa shape index (κ2) is 12.8. The zero-order valence-electron chi connectivity index (χ0n) is 21.3. The molecule has 0 bridgehead atoms. The lowest BCUT2D eigenvalue weighted by Crippen LogP contribution is -2.57. The predicted octanol–water partition coefficient (Wildman–Crippen LogP) is 3.87. The smallest absolute Gasteiger partial charge is 0.303 e. The van der Waals surface area contributed by atoms with Crippen LogP contribution in [0.15, 0.2) is 52.2 Å². The molecule has 1 aromatic carbocycles. The summed E-state index contributed by atoms with van der Waals surface area (Å²) in [7, 11) is 0. The van der Waals surface area contributed by atoms with Crippen molar-refractivity contribution >= 4 is 45.6 Å². The normalized spacial score (nSPS) is 22.4. The Bertz CT molecular complexity index is 1410. The molecule has 0 radical (unpaired) electrons. The van der Waals surface area contributed by atoms with Gasteiger partial charge in [-0.25, -0.2) is 13.5 Å². The first kappa shape index (κ1) is 29.6. The molecule has 0 saturated carbocycles. The van der Waals surface area contributed by atoms with Gasteiger partial charge in [0.1, 0.15) is 29.9 Å². The molecule has 1 saturated heterocycles. The molecule has 0 aliphatic carbocycles. The van der Waals surface area contributed by atoms with Gasteiger partial charge in [-0.1, -0.05) is 17.0 Å². The minimum absolute atomic E-state index is 0.172. The van der Waals surface area contributed by atoms with Crippen molar-refractivity contribution < 1.29 is 42.1 Å². The standard InChI is InChI=1S/C25H23BrF2N4O7S/c1-12(33)36-11-21-23(37-13(2)34)22(32-10-20(30-31-32)15-4-5-18(27)19(28)6-15)24(38-14(3)35)25(39-21)40-17-7-16(26)8-29-9-17/h4-10,21-25H,11H2,1-3H3/t21?,22?,23-,24?,25+/m0/s1. The van der Waals surface area contributed by atoms with Crippen LogP contribution in [0.25, 0.3) is 11.3 Å². The van der Waals surface area contributed by atoms with Gasteiger partial charge < -0.3 is 18.9 Å². The summed E-state index contributed by atoms with van der Waals surface area (Å²) in [4.78, 5) is 40.9. The van der Waals surface area contributed by atoms with Crippen LogP contribution >= 0.6 is 27.7 Å². The van der Waals surface area contributed by atoms with Gasteiger partial charge in [0.05, 0.1) is 6.20 Å². The number of ether oxygens (including phenoxy) is 4. The maximum absolute atomic E-state index is 13.9. The molecule has 1 aliphatic heterocycles. The quantitative estimate of drug-likeness (QED) is 0.262. The van der Waals surface area contributed by atoms with E-state index in [-0.39, 0.29) is 17.9 Å². The number of thioether (sulfide) groups is 1. The van der Waals surface area contributed by atoms with Crippen LogP contribution in [0.5, 0.6) is 0 Å². The van der Waals surface area contributed by atoms with E-state index < -0.39 is 59.3 Å². The number of nitrogens with zero attached hydrogens (tertiary/aromatic N) is 4. The molecular formula is C25H23BrF2N4O7S. The van der Waals surface area contributed by atoms with E-state index in [1.165, 1.54) is 49.5 Å². The number of rotatable bonds is 8. The molecule has 3 unspecified atom stereocenters. The highest BCUT2D eigenvalue weighted by molar-refractivity contribution is 9.10. The molecule has 3 heterocycles. The Morgan fingerprint density at radius 1 is 1.02 bits per heavy atom. The van der Waals surface area contributed by atoms with Gasteiger partial charge in [-0.3, -0.25) is 19.4 Å². The molecule has 0 N–H and O–H groups in total. The van der Waals surface area contributed by atoms with Crippen LogP contribution in [-0.2, 0) is 33.3 Å². The average Bonchev–Trinajstić information content (AvgIpc) is 3.35. The monoisotopic (exact) mass is 640 g/mol. The van der Waals surface area contributed by atoms with E-state index in [2.05, 4.69) is 31.2 Å². The van der Waals surface area contributed by atoms with Crippen molar-refractivity contribution in [1.82, 2.24) is 20.0 Å². The number of benzene rings is 1. The van der Waals surface area contributed by atoms with Crippen LogP contribution in [0.4, 0.5) is 8.78 Å². The number of hydrogen-bond donors (Lipinski definition) is 0. The van der Waals surface area contributed by atoms with Crippen molar-refractivity contribution in [1.29, 1.82) is 0 Å². The fourth-order valence-electron chi connectivity index (χ4n) is 4.08. The van der Waals surface area contributed by atoms with E-state index in [0.717, 1.165) is 12.1 Å². The van der Waals surface area contributed by atoms with Crippen molar-refractivity contribution in [2.45, 2.75) is 55.5 Å². The summed E-state index contributed by atoms with van der Waals surface area (Å²) < 4.78 is 52.1. The van der Waals surface area contributed by atoms with E-state index in [0.29, 0.717) is 9.37 Å². The van der Waals surface area contributed by atoms with Gasteiger partial charge in [-0.15, -0.1) is 5.10 Å². The third-order valence-electron chi connectivity index (χ3n) is 5.63. The number of aromatic nitrogens is 4. The summed E-state index contributed by atoms with van der Waals surface area (Å²) in [5.41, 5.74) is -0.522. The molecule has 11 nitrogen and oxygen atoms in total. The van der Waals surface area contributed by atoms with E-state index >= 15 is 0 Å². The molecule has 4 rings (SSSR count). The van der Waals surface area contributed by atoms with Crippen LogP contribution in [0.2, 0.25) is 0 Å². The van der Waals surface area contributed by atoms with Crippen LogP contribution < -0.4 is 0 Å². The second-order valence-electron chi connectivity index (χ2n) is 8.65. The number of carbonyl (C=O) groups excluding carboxylic acids is 3. The van der Waals surface area contributed by atoms with Crippen LogP contribution in [0.1, 0.15) is 26.8 Å². The number of halogens is 3. The number of hydrogen-bond acceptors (Lipinski definition) is 11. The van der Waals surface area contributed by atoms with E-state index in [1.54, 1.807) is 18.5 Å². The topological polar surface area (TPSA) is 132 Å². The minimum Gasteiger partial charge on any atom is -0.463 e. The van der Waals surface area contributed by atoms with Crippen LogP contribution in [0.3, 0.4) is 0 Å². The zero-order valence-corrected chi connectivity index (χ0v) is 23.7. The Hall–Kier alpha value is -3.43. The zero-order chi connectivity index (χ0) is 29.0. The Labute approximate surface area is 239 Å². The molecule has 1 aliphatic rings. The first-order valence-corrected chi connectivity index (χ1v) is 13.5. The maximum atomic E-state index is 13.9. The van der Waals surface area contributed by atoms with Gasteiger partial charge >= 0.3 is 17.9 Å². The lowest BCUT2D eigenvalue weighted by atomic mass is 9.96. The summed E-state index contributed by atoms with van der Waals surface area (Å²) in [5, 5.41) is 8.22. The first-order chi connectivity index (χ1) is 19.0. The minimum atomic E-state index is -1.17. The Morgan fingerprint density at radius 3 is 2.40 bits per heavy atom. The summed E-state index contributed by atoms with van der Waals surface area (Å²) in [6.45, 7) is 3.31. The largest absolute Gasteiger partial charge is 0.463 e. The highest BCUT2D eigenvalue weighted by atomic mass is 79.9. The molecule has 0 amide bonds. The summed E-state index contributed by atoms with van der Waals surface area (Å²) in [6.07, 6.45) is 1.29. The van der Waals surface area contributed by atoms with Gasteiger partial charge in [-0.05, 0) is 40.2 Å². The van der Waals surface area contributed by atoms with Crippen molar-refractivity contribution in [3.8, 4) is 11.3 Å². The summed E-state index contributed by atoms with van der Waals surface area (Å²) >= 11 is 4.53. The summed E-state index contributed by atoms with van der Waals surface area (Å²) in [6, 6.07) is 3.98. The SMILES string of the molecule is CC(=O)OCC1O[C@H](Sc2cncc(Br)c2)C(OC(C)=O)C(n2cc(-c3ccc(F)c(F)c3)nn2)[C@H]1OC(C)=O. The third kappa shape index (κ3) is 7.20. The molecule has 2 aromatic heterocycles. The number of pyridine rings is 1. The molecule has 5 atom stereocenters. The Balaban J connectivity index is 1.80. The molecule has 0 spiro atoms. The lowest BCUT2D eigenvalue weighted by Gasteiger charge is -2.44. The highest BCUT2D eigenvalue weighted by Gasteiger charge is 2.52. The van der Waals surface area contributed by atoms with Crippen molar-refractivity contribution in [2.24, 2.45) is 0 Å². The molecule has 40 heavy (non-hydrogen) atoms. The van der Waals surface area contributed by atoms with Crippen molar-refractivity contribution in [2.75, 3.05) is 6.61 Å². The predicted molar refractivity (Wildman–Crippen MR) is 139 cm³/mol. The average molecular weight is 641 g/mol.